The summed E-state index contributed by atoms with van der Waals surface area (Å²) >= 11 is 18.2. The zero-order valence-corrected chi connectivity index (χ0v) is 39.3. The molecule has 0 aliphatic rings. The first-order valence-electron chi connectivity index (χ1n) is 21.8. The molecule has 0 N–H and O–H groups in total. The van der Waals surface area contributed by atoms with Crippen molar-refractivity contribution >= 4 is 144 Å². The van der Waals surface area contributed by atoms with Crippen LogP contribution in [0, 0.1) is 0 Å². The number of hydrogen-bond donors (Lipinski definition) is 0. The van der Waals surface area contributed by atoms with Crippen molar-refractivity contribution in [1.29, 1.82) is 0 Å². The molecule has 0 bridgehead atoms. The van der Waals surface area contributed by atoms with E-state index in [1.807, 2.05) is 47.7 Å². The fourth-order valence-corrected chi connectivity index (χ4v) is 11.9. The Morgan fingerprint density at radius 1 is 0.439 bits per heavy atom. The largest absolute Gasteiger partial charge is 0.456 e. The summed E-state index contributed by atoms with van der Waals surface area (Å²) in [5.41, 5.74) is 10.2. The Morgan fingerprint density at radius 2 is 0.985 bits per heavy atom. The van der Waals surface area contributed by atoms with Crippen LogP contribution in [-0.4, -0.2) is 0 Å². The summed E-state index contributed by atoms with van der Waals surface area (Å²) in [5.74, 6) is 0. The van der Waals surface area contributed by atoms with E-state index in [4.69, 9.17) is 32.0 Å². The molecule has 0 saturated heterocycles. The second-order valence-corrected chi connectivity index (χ2v) is 20.7. The minimum absolute atomic E-state index is 0.0281. The minimum Gasteiger partial charge on any atom is -0.456 e. The molecule has 3 heterocycles. The highest BCUT2D eigenvalue weighted by atomic mass is 35.5. The maximum Gasteiger partial charge on any atom is 0.135 e. The summed E-state index contributed by atoms with van der Waals surface area (Å²) in [6.07, 6.45) is 0. The van der Waals surface area contributed by atoms with Crippen LogP contribution in [0.3, 0.4) is 0 Å². The predicted octanol–water partition coefficient (Wildman–Crippen LogP) is 19.5. The third-order valence-electron chi connectivity index (χ3n) is 12.4. The van der Waals surface area contributed by atoms with E-state index < -0.39 is 0 Å². The molecule has 0 aliphatic carbocycles. The first-order valence-corrected chi connectivity index (χ1v) is 24.2. The molecule has 0 aliphatic heterocycles. The highest BCUT2D eigenvalue weighted by Crippen LogP contribution is 2.49. The number of benzene rings is 9. The van der Waals surface area contributed by atoms with E-state index in [0.717, 1.165) is 87.8 Å². The van der Waals surface area contributed by atoms with Crippen molar-refractivity contribution in [2.75, 3.05) is 9.80 Å². The van der Waals surface area contributed by atoms with Gasteiger partial charge in [0.25, 0.3) is 0 Å². The van der Waals surface area contributed by atoms with Crippen LogP contribution in [0.5, 0.6) is 0 Å². The van der Waals surface area contributed by atoms with Crippen molar-refractivity contribution < 1.29 is 8.83 Å². The third-order valence-corrected chi connectivity index (χ3v) is 15.3. The van der Waals surface area contributed by atoms with Crippen molar-refractivity contribution in [2.24, 2.45) is 0 Å². The van der Waals surface area contributed by atoms with Crippen LogP contribution in [0.25, 0.3) is 64.0 Å². The minimum atomic E-state index is -0.0281. The summed E-state index contributed by atoms with van der Waals surface area (Å²) in [7, 11) is 0. The zero-order chi connectivity index (χ0) is 44.7. The molecular formula is C58H40Cl2N2O2S2. The molecule has 8 heteroatoms. The second-order valence-electron chi connectivity index (χ2n) is 17.6. The number of rotatable bonds is 8. The van der Waals surface area contributed by atoms with Gasteiger partial charge in [0.05, 0.1) is 10.7 Å². The van der Waals surface area contributed by atoms with E-state index in [1.165, 1.54) is 25.7 Å². The monoisotopic (exact) mass is 930 g/mol. The normalized spacial score (nSPS) is 12.1. The van der Waals surface area contributed by atoms with Gasteiger partial charge in [-0.2, -0.15) is 0 Å². The van der Waals surface area contributed by atoms with Gasteiger partial charge in [-0.1, -0.05) is 135 Å². The smallest absolute Gasteiger partial charge is 0.135 e. The lowest BCUT2D eigenvalue weighted by Crippen LogP contribution is -2.15. The number of fused-ring (bicyclic) bond motifs is 9. The number of thiophene rings is 1. The van der Waals surface area contributed by atoms with Crippen LogP contribution in [0.2, 0.25) is 10.0 Å². The van der Waals surface area contributed by atoms with E-state index in [1.54, 1.807) is 11.8 Å². The second kappa shape index (κ2) is 16.0. The van der Waals surface area contributed by atoms with E-state index in [-0.39, 0.29) is 5.41 Å². The first-order chi connectivity index (χ1) is 32.1. The van der Waals surface area contributed by atoms with Crippen LogP contribution in [0.1, 0.15) is 26.3 Å². The molecule has 320 valence electrons. The predicted molar refractivity (Wildman–Crippen MR) is 283 cm³/mol. The van der Waals surface area contributed by atoms with Gasteiger partial charge in [0.2, 0.25) is 0 Å². The molecule has 66 heavy (non-hydrogen) atoms. The fraction of sp³-hybridized carbons (Fsp3) is 0.0690. The molecular weight excluding hydrogens is 892 g/mol. The topological polar surface area (TPSA) is 32.8 Å². The molecule has 0 atom stereocenters. The Morgan fingerprint density at radius 3 is 1.64 bits per heavy atom. The average molecular weight is 932 g/mol. The van der Waals surface area contributed by atoms with Gasteiger partial charge < -0.3 is 18.6 Å². The Kier molecular flexibility index (Phi) is 9.92. The Bertz CT molecular complexity index is 3730. The van der Waals surface area contributed by atoms with Crippen molar-refractivity contribution in [3.8, 4) is 0 Å². The van der Waals surface area contributed by atoms with Gasteiger partial charge in [0.1, 0.15) is 22.3 Å². The molecule has 0 fully saturated rings. The highest BCUT2D eigenvalue weighted by Gasteiger charge is 2.24. The van der Waals surface area contributed by atoms with Gasteiger partial charge in [-0.3, -0.25) is 0 Å². The molecule has 9 aromatic carbocycles. The maximum absolute atomic E-state index is 7.64. The molecule has 0 unspecified atom stereocenters. The average Bonchev–Trinajstić information content (AvgIpc) is 4.01. The number of anilines is 6. The van der Waals surface area contributed by atoms with E-state index in [9.17, 15) is 0 Å². The van der Waals surface area contributed by atoms with Gasteiger partial charge in [0.15, 0.2) is 0 Å². The standard InChI is InChI=1S/C58H40Cl2N2O2S2/c1-58(2,3)35-19-21-37(22-20-35)62(49-29-36(59)30-56(57(49)60)65-42-25-26-46-45-15-6-9-18-54(45)66-55(46)34-42)39-12-10-11-38(31-39)61(40-23-27-52-47(32-40)43-13-4-7-16-50(43)63-52)41-24-28-53-48(33-41)44-14-5-8-17-51(44)64-53/h4-34H,1-3H3. The lowest BCUT2D eigenvalue weighted by molar-refractivity contribution is 0.590. The molecule has 0 spiro atoms. The van der Waals surface area contributed by atoms with E-state index >= 15 is 0 Å². The van der Waals surface area contributed by atoms with E-state index in [0.29, 0.717) is 10.0 Å². The third kappa shape index (κ3) is 7.17. The number of nitrogens with zero attached hydrogens (tertiary/aromatic N) is 2. The van der Waals surface area contributed by atoms with Crippen LogP contribution >= 0.6 is 46.3 Å². The van der Waals surface area contributed by atoms with Gasteiger partial charge in [-0.05, 0) is 120 Å². The number of para-hydroxylation sites is 2. The number of halogens is 2. The fourth-order valence-electron chi connectivity index (χ4n) is 9.15. The molecule has 0 saturated carbocycles. The van der Waals surface area contributed by atoms with Gasteiger partial charge in [-0.25, -0.2) is 0 Å². The Balaban J connectivity index is 1.02. The number of hydrogen-bond acceptors (Lipinski definition) is 6. The highest BCUT2D eigenvalue weighted by molar-refractivity contribution is 7.99. The van der Waals surface area contributed by atoms with Crippen molar-refractivity contribution in [3.05, 3.63) is 204 Å². The van der Waals surface area contributed by atoms with E-state index in [2.05, 4.69) is 182 Å². The molecule has 12 aromatic rings. The van der Waals surface area contributed by atoms with Crippen LogP contribution in [0.15, 0.2) is 207 Å². The first kappa shape index (κ1) is 40.8. The molecule has 0 radical (unpaired) electrons. The lowest BCUT2D eigenvalue weighted by Gasteiger charge is -2.31. The van der Waals surface area contributed by atoms with Gasteiger partial charge in [-0.15, -0.1) is 11.3 Å². The quantitative estimate of drug-likeness (QED) is 0.152. The SMILES string of the molecule is CC(C)(C)c1ccc(N(c2cccc(N(c3ccc4oc5ccccc5c4c3)c3ccc4oc5ccccc5c4c3)c2)c2cc(Cl)cc(Sc3ccc4c(c3)sc3ccccc34)c2Cl)cc1. The molecule has 12 rings (SSSR count). The van der Waals surface area contributed by atoms with Crippen LogP contribution in [0.4, 0.5) is 34.1 Å². The van der Waals surface area contributed by atoms with Gasteiger partial charge in [0, 0.05) is 85.0 Å². The lowest BCUT2D eigenvalue weighted by atomic mass is 9.87. The van der Waals surface area contributed by atoms with Crippen molar-refractivity contribution in [3.63, 3.8) is 0 Å². The van der Waals surface area contributed by atoms with Gasteiger partial charge >= 0.3 is 0 Å². The van der Waals surface area contributed by atoms with Crippen molar-refractivity contribution in [1.82, 2.24) is 0 Å². The number of furan rings is 2. The summed E-state index contributed by atoms with van der Waals surface area (Å²) in [5, 5.41) is 7.95. The van der Waals surface area contributed by atoms with Crippen LogP contribution in [-0.2, 0) is 5.41 Å². The summed E-state index contributed by atoms with van der Waals surface area (Å²) < 4.78 is 15.1. The van der Waals surface area contributed by atoms with Crippen molar-refractivity contribution in [2.45, 2.75) is 36.0 Å². The summed E-state index contributed by atoms with van der Waals surface area (Å²) in [6.45, 7) is 6.70. The Labute approximate surface area is 400 Å². The zero-order valence-electron chi connectivity index (χ0n) is 36.2. The van der Waals surface area contributed by atoms with Crippen LogP contribution < -0.4 is 9.80 Å². The molecule has 4 nitrogen and oxygen atoms in total. The molecule has 3 aromatic heterocycles. The summed E-state index contributed by atoms with van der Waals surface area (Å²) in [4.78, 5) is 6.49. The maximum atomic E-state index is 7.64. The summed E-state index contributed by atoms with van der Waals surface area (Å²) in [6, 6.07) is 65.8. The Hall–Kier alpha value is -6.67. The molecule has 0 amide bonds.